The fourth-order valence-corrected chi connectivity index (χ4v) is 3.78. The summed E-state index contributed by atoms with van der Waals surface area (Å²) in [4.78, 5) is 27.7. The van der Waals surface area contributed by atoms with Gasteiger partial charge in [0.1, 0.15) is 5.75 Å². The van der Waals surface area contributed by atoms with E-state index in [1.165, 1.54) is 11.0 Å². The molecule has 1 amide bonds. The van der Waals surface area contributed by atoms with Gasteiger partial charge in [0.05, 0.1) is 18.7 Å². The molecule has 1 aliphatic heterocycles. The summed E-state index contributed by atoms with van der Waals surface area (Å²) in [7, 11) is 1.55. The molecule has 0 radical (unpaired) electrons. The Bertz CT molecular complexity index is 1200. The van der Waals surface area contributed by atoms with Crippen LogP contribution in [0.2, 0.25) is 5.02 Å². The molecule has 1 atom stereocenters. The molecule has 0 fully saturated rings. The summed E-state index contributed by atoms with van der Waals surface area (Å²) in [5.41, 5.74) is 2.02. The highest BCUT2D eigenvalue weighted by Gasteiger charge is 2.43. The van der Waals surface area contributed by atoms with Crippen molar-refractivity contribution >= 4 is 35.1 Å². The lowest BCUT2D eigenvalue weighted by molar-refractivity contribution is -0.117. The molecule has 3 aromatic rings. The van der Waals surface area contributed by atoms with Crippen LogP contribution in [0.5, 0.6) is 5.75 Å². The number of ether oxygens (including phenoxy) is 1. The summed E-state index contributed by atoms with van der Waals surface area (Å²) in [6.07, 6.45) is 3.02. The molecule has 160 valence electrons. The van der Waals surface area contributed by atoms with Gasteiger partial charge in [-0.2, -0.15) is 0 Å². The maximum absolute atomic E-state index is 13.2. The third kappa shape index (κ3) is 4.15. The molecule has 0 spiro atoms. The minimum absolute atomic E-state index is 0.0142. The smallest absolute Gasteiger partial charge is 0.294 e. The van der Waals surface area contributed by atoms with Gasteiger partial charge in [0.2, 0.25) is 0 Å². The Balaban J connectivity index is 1.77. The first kappa shape index (κ1) is 21.4. The van der Waals surface area contributed by atoms with E-state index < -0.39 is 23.5 Å². The van der Waals surface area contributed by atoms with E-state index in [2.05, 4.69) is 0 Å². The van der Waals surface area contributed by atoms with Crippen molar-refractivity contribution in [2.45, 2.75) is 6.04 Å². The van der Waals surface area contributed by atoms with Crippen molar-refractivity contribution in [2.24, 2.45) is 0 Å². The molecule has 0 saturated heterocycles. The van der Waals surface area contributed by atoms with Gasteiger partial charge in [0.15, 0.2) is 11.5 Å². The van der Waals surface area contributed by atoms with Crippen LogP contribution in [0.4, 0.5) is 5.69 Å². The molecule has 1 aliphatic rings. The number of hydrogen-bond donors (Lipinski definition) is 1. The highest BCUT2D eigenvalue weighted by atomic mass is 35.5. The Hall–Kier alpha value is -3.83. The molecule has 3 aromatic carbocycles. The van der Waals surface area contributed by atoms with Crippen LogP contribution in [0.3, 0.4) is 0 Å². The highest BCUT2D eigenvalue weighted by Crippen LogP contribution is 2.41. The lowest BCUT2D eigenvalue weighted by Crippen LogP contribution is -2.30. The van der Waals surface area contributed by atoms with Crippen LogP contribution in [0.1, 0.15) is 17.2 Å². The zero-order chi connectivity index (χ0) is 22.7. The van der Waals surface area contributed by atoms with Crippen LogP contribution in [0.25, 0.3) is 6.08 Å². The summed E-state index contributed by atoms with van der Waals surface area (Å²) in [5.74, 6) is -1.03. The molecule has 1 unspecified atom stereocenters. The van der Waals surface area contributed by atoms with Gasteiger partial charge < -0.3 is 9.84 Å². The molecule has 0 bridgehead atoms. The van der Waals surface area contributed by atoms with E-state index in [1.54, 1.807) is 61.7 Å². The van der Waals surface area contributed by atoms with Gasteiger partial charge in [-0.15, -0.1) is 0 Å². The monoisotopic (exact) mass is 445 g/mol. The van der Waals surface area contributed by atoms with Gasteiger partial charge in [-0.05, 0) is 53.6 Å². The number of carbonyl (C=O) groups is 2. The second-order valence-electron chi connectivity index (χ2n) is 7.20. The predicted octanol–water partition coefficient (Wildman–Crippen LogP) is 5.53. The Morgan fingerprint density at radius 2 is 1.66 bits per heavy atom. The Morgan fingerprint density at radius 3 is 2.28 bits per heavy atom. The van der Waals surface area contributed by atoms with Gasteiger partial charge in [0.25, 0.3) is 5.91 Å². The number of methoxy groups -OCH3 is 1. The van der Waals surface area contributed by atoms with E-state index >= 15 is 0 Å². The number of allylic oxidation sites excluding steroid dienone is 1. The largest absolute Gasteiger partial charge is 0.503 e. The van der Waals surface area contributed by atoms with Crippen molar-refractivity contribution < 1.29 is 19.4 Å². The summed E-state index contributed by atoms with van der Waals surface area (Å²) in [6.45, 7) is 0. The van der Waals surface area contributed by atoms with Gasteiger partial charge in [-0.3, -0.25) is 14.5 Å². The minimum atomic E-state index is -0.805. The number of amides is 1. The lowest BCUT2D eigenvalue weighted by Gasteiger charge is -2.27. The van der Waals surface area contributed by atoms with Crippen LogP contribution >= 0.6 is 11.6 Å². The standard InChI is InChI=1S/C26H20ClNO4/c1-32-21-14-12-20(13-15-21)28-24(18-8-10-19(27)11-9-18)23(25(30)26(28)31)22(29)16-7-17-5-3-2-4-6-17/h2-16,24,30H,1H3/b16-7+. The second-order valence-corrected chi connectivity index (χ2v) is 7.63. The van der Waals surface area contributed by atoms with E-state index in [4.69, 9.17) is 16.3 Å². The quantitative estimate of drug-likeness (QED) is 0.506. The number of aliphatic hydroxyl groups is 1. The second kappa shape index (κ2) is 9.12. The predicted molar refractivity (Wildman–Crippen MR) is 125 cm³/mol. The molecule has 6 heteroatoms. The molecule has 0 saturated carbocycles. The number of aliphatic hydroxyl groups excluding tert-OH is 1. The number of hydrogen-bond acceptors (Lipinski definition) is 4. The average molecular weight is 446 g/mol. The molecule has 0 aliphatic carbocycles. The normalized spacial score (nSPS) is 16.1. The zero-order valence-electron chi connectivity index (χ0n) is 17.2. The van der Waals surface area contributed by atoms with Crippen molar-refractivity contribution in [3.05, 3.63) is 112 Å². The number of anilines is 1. The maximum atomic E-state index is 13.2. The number of nitrogens with zero attached hydrogens (tertiary/aromatic N) is 1. The van der Waals surface area contributed by atoms with Crippen molar-refractivity contribution in [1.82, 2.24) is 0 Å². The van der Waals surface area contributed by atoms with E-state index in [0.717, 1.165) is 5.56 Å². The number of carbonyl (C=O) groups excluding carboxylic acids is 2. The van der Waals surface area contributed by atoms with Gasteiger partial charge >= 0.3 is 0 Å². The number of rotatable bonds is 6. The van der Waals surface area contributed by atoms with Crippen LogP contribution in [-0.4, -0.2) is 23.9 Å². The summed E-state index contributed by atoms with van der Waals surface area (Å²) in [5, 5.41) is 11.3. The Kier molecular flexibility index (Phi) is 6.10. The van der Waals surface area contributed by atoms with Crippen molar-refractivity contribution in [3.8, 4) is 5.75 Å². The topological polar surface area (TPSA) is 66.8 Å². The number of ketones is 1. The third-order valence-electron chi connectivity index (χ3n) is 5.24. The molecule has 1 N–H and O–H groups in total. The van der Waals surface area contributed by atoms with Crippen molar-refractivity contribution in [1.29, 1.82) is 0 Å². The molecule has 5 nitrogen and oxygen atoms in total. The van der Waals surface area contributed by atoms with E-state index in [9.17, 15) is 14.7 Å². The van der Waals surface area contributed by atoms with Crippen LogP contribution in [0, 0.1) is 0 Å². The van der Waals surface area contributed by atoms with E-state index in [-0.39, 0.29) is 5.57 Å². The third-order valence-corrected chi connectivity index (χ3v) is 5.49. The first-order valence-electron chi connectivity index (χ1n) is 9.93. The fraction of sp³-hybridized carbons (Fsp3) is 0.0769. The Morgan fingerprint density at radius 1 is 1.00 bits per heavy atom. The lowest BCUT2D eigenvalue weighted by atomic mass is 9.95. The first-order valence-corrected chi connectivity index (χ1v) is 10.3. The van der Waals surface area contributed by atoms with E-state index in [1.807, 2.05) is 30.3 Å². The van der Waals surface area contributed by atoms with Crippen LogP contribution in [-0.2, 0) is 9.59 Å². The molecule has 1 heterocycles. The van der Waals surface area contributed by atoms with Crippen molar-refractivity contribution in [2.75, 3.05) is 12.0 Å². The van der Waals surface area contributed by atoms with Crippen LogP contribution < -0.4 is 9.64 Å². The molecule has 4 rings (SSSR count). The average Bonchev–Trinajstić information content (AvgIpc) is 3.09. The molecule has 0 aromatic heterocycles. The molecular weight excluding hydrogens is 426 g/mol. The van der Waals surface area contributed by atoms with E-state index in [0.29, 0.717) is 22.0 Å². The highest BCUT2D eigenvalue weighted by molar-refractivity contribution is 6.30. The van der Waals surface area contributed by atoms with Gasteiger partial charge in [-0.1, -0.05) is 60.1 Å². The summed E-state index contributed by atoms with van der Waals surface area (Å²) in [6, 6.07) is 22.2. The van der Waals surface area contributed by atoms with Gasteiger partial charge in [0, 0.05) is 10.7 Å². The minimum Gasteiger partial charge on any atom is -0.503 e. The summed E-state index contributed by atoms with van der Waals surface area (Å²) < 4.78 is 5.20. The Labute approximate surface area is 190 Å². The fourth-order valence-electron chi connectivity index (χ4n) is 3.65. The SMILES string of the molecule is COc1ccc(N2C(=O)C(O)=C(C(=O)/C=C/c3ccccc3)C2c2ccc(Cl)cc2)cc1. The summed E-state index contributed by atoms with van der Waals surface area (Å²) >= 11 is 6.05. The number of benzene rings is 3. The van der Waals surface area contributed by atoms with Crippen LogP contribution in [0.15, 0.2) is 96.3 Å². The number of halogens is 1. The van der Waals surface area contributed by atoms with Crippen molar-refractivity contribution in [3.63, 3.8) is 0 Å². The molecule has 32 heavy (non-hydrogen) atoms. The zero-order valence-corrected chi connectivity index (χ0v) is 18.0. The first-order chi connectivity index (χ1) is 15.5. The molecular formula is C26H20ClNO4. The van der Waals surface area contributed by atoms with Gasteiger partial charge in [-0.25, -0.2) is 0 Å². The maximum Gasteiger partial charge on any atom is 0.294 e.